The number of methoxy groups -OCH3 is 1. The molecule has 0 unspecified atom stereocenters. The van der Waals surface area contributed by atoms with Gasteiger partial charge in [0.25, 0.3) is 0 Å². The number of ether oxygens (including phenoxy) is 2. The zero-order valence-corrected chi connectivity index (χ0v) is 11.1. The molecule has 1 aliphatic heterocycles. The maximum absolute atomic E-state index is 9.40. The zero-order valence-electron chi connectivity index (χ0n) is 11.1. The van der Waals surface area contributed by atoms with Crippen molar-refractivity contribution in [3.63, 3.8) is 0 Å². The molecule has 0 spiro atoms. The third kappa shape index (κ3) is 3.02. The Hall–Kier alpha value is -1.10. The van der Waals surface area contributed by atoms with E-state index >= 15 is 0 Å². The lowest BCUT2D eigenvalue weighted by Crippen LogP contribution is -2.52. The van der Waals surface area contributed by atoms with Crippen LogP contribution in [0, 0.1) is 5.41 Å². The van der Waals surface area contributed by atoms with Crippen LogP contribution in [0.15, 0.2) is 24.3 Å². The van der Waals surface area contributed by atoms with Crippen molar-refractivity contribution >= 4 is 0 Å². The number of aliphatic hydroxyl groups is 1. The second-order valence-electron chi connectivity index (χ2n) is 5.17. The van der Waals surface area contributed by atoms with Crippen LogP contribution < -0.4 is 4.74 Å². The smallest absolute Gasteiger partial charge is 0.118 e. The van der Waals surface area contributed by atoms with Gasteiger partial charge in [0.15, 0.2) is 0 Å². The molecular weight excluding hydrogens is 230 g/mol. The van der Waals surface area contributed by atoms with E-state index in [1.165, 1.54) is 5.56 Å². The first kappa shape index (κ1) is 13.3. The Morgan fingerprint density at radius 2 is 2.00 bits per heavy atom. The number of benzene rings is 1. The van der Waals surface area contributed by atoms with Crippen LogP contribution in [0.1, 0.15) is 5.56 Å². The number of hydrogen-bond donors (Lipinski definition) is 1. The van der Waals surface area contributed by atoms with Crippen molar-refractivity contribution in [1.29, 1.82) is 0 Å². The third-order valence-electron chi connectivity index (χ3n) is 3.37. The van der Waals surface area contributed by atoms with Gasteiger partial charge in [0.05, 0.1) is 32.3 Å². The Morgan fingerprint density at radius 1 is 1.33 bits per heavy atom. The zero-order chi connectivity index (χ0) is 13.0. The van der Waals surface area contributed by atoms with Crippen molar-refractivity contribution in [1.82, 2.24) is 4.90 Å². The molecule has 0 amide bonds. The van der Waals surface area contributed by atoms with Gasteiger partial charge in [0.1, 0.15) is 5.75 Å². The van der Waals surface area contributed by atoms with Crippen LogP contribution in [0.2, 0.25) is 0 Å². The average molecular weight is 251 g/mol. The van der Waals surface area contributed by atoms with Gasteiger partial charge in [-0.3, -0.25) is 0 Å². The van der Waals surface area contributed by atoms with E-state index in [0.29, 0.717) is 13.2 Å². The van der Waals surface area contributed by atoms with E-state index in [-0.39, 0.29) is 12.0 Å². The fraction of sp³-hybridized carbons (Fsp3) is 0.571. The fourth-order valence-electron chi connectivity index (χ4n) is 2.29. The molecule has 4 nitrogen and oxygen atoms in total. The Kier molecular flexibility index (Phi) is 4.22. The first-order chi connectivity index (χ1) is 8.67. The molecule has 0 atom stereocenters. The summed E-state index contributed by atoms with van der Waals surface area (Å²) in [5, 5.41) is 9.40. The molecule has 0 aliphatic carbocycles. The monoisotopic (exact) mass is 251 g/mol. The fourth-order valence-corrected chi connectivity index (χ4v) is 2.29. The minimum atomic E-state index is -0.0543. The summed E-state index contributed by atoms with van der Waals surface area (Å²) in [6.07, 6.45) is 0. The molecule has 18 heavy (non-hydrogen) atoms. The van der Waals surface area contributed by atoms with Gasteiger partial charge in [-0.1, -0.05) is 12.1 Å². The van der Waals surface area contributed by atoms with Gasteiger partial charge in [-0.2, -0.15) is 0 Å². The molecular formula is C14H21NO3. The first-order valence-electron chi connectivity index (χ1n) is 6.17. The molecule has 4 heteroatoms. The van der Waals surface area contributed by atoms with Gasteiger partial charge in [-0.05, 0) is 24.7 Å². The van der Waals surface area contributed by atoms with Crippen molar-refractivity contribution in [2.24, 2.45) is 5.41 Å². The van der Waals surface area contributed by atoms with Gasteiger partial charge in [0.2, 0.25) is 0 Å². The van der Waals surface area contributed by atoms with E-state index in [4.69, 9.17) is 9.47 Å². The SMILES string of the molecule is COc1ccc(CN(C)CC2(CO)COC2)cc1. The Morgan fingerprint density at radius 3 is 2.44 bits per heavy atom. The summed E-state index contributed by atoms with van der Waals surface area (Å²) in [5.41, 5.74) is 1.19. The van der Waals surface area contributed by atoms with E-state index in [2.05, 4.69) is 24.1 Å². The van der Waals surface area contributed by atoms with Crippen LogP contribution in [0.5, 0.6) is 5.75 Å². The van der Waals surface area contributed by atoms with Crippen molar-refractivity contribution in [2.45, 2.75) is 6.54 Å². The normalized spacial score (nSPS) is 17.6. The minimum absolute atomic E-state index is 0.0543. The van der Waals surface area contributed by atoms with Crippen LogP contribution in [0.25, 0.3) is 0 Å². The van der Waals surface area contributed by atoms with E-state index in [0.717, 1.165) is 18.8 Å². The molecule has 1 heterocycles. The molecule has 1 aromatic carbocycles. The number of nitrogens with zero attached hydrogens (tertiary/aromatic N) is 1. The van der Waals surface area contributed by atoms with Gasteiger partial charge in [0, 0.05) is 13.1 Å². The standard InChI is InChI=1S/C14H21NO3/c1-15(8-14(9-16)10-18-11-14)7-12-3-5-13(17-2)6-4-12/h3-6,16H,7-11H2,1-2H3. The molecule has 0 aromatic heterocycles. The molecule has 1 N–H and O–H groups in total. The van der Waals surface area contributed by atoms with Crippen molar-refractivity contribution < 1.29 is 14.6 Å². The van der Waals surface area contributed by atoms with E-state index < -0.39 is 0 Å². The number of aliphatic hydroxyl groups excluding tert-OH is 1. The summed E-state index contributed by atoms with van der Waals surface area (Å²) in [6.45, 7) is 3.24. The molecule has 0 saturated carbocycles. The first-order valence-corrected chi connectivity index (χ1v) is 6.17. The number of rotatable bonds is 6. The molecule has 1 aliphatic rings. The molecule has 1 fully saturated rings. The van der Waals surface area contributed by atoms with Crippen LogP contribution in [-0.2, 0) is 11.3 Å². The molecule has 0 radical (unpaired) electrons. The molecule has 0 bridgehead atoms. The lowest BCUT2D eigenvalue weighted by Gasteiger charge is -2.42. The largest absolute Gasteiger partial charge is 0.497 e. The van der Waals surface area contributed by atoms with Gasteiger partial charge in [-0.25, -0.2) is 0 Å². The van der Waals surface area contributed by atoms with Gasteiger partial charge in [-0.15, -0.1) is 0 Å². The Labute approximate surface area is 108 Å². The lowest BCUT2D eigenvalue weighted by molar-refractivity contribution is -0.147. The maximum Gasteiger partial charge on any atom is 0.118 e. The number of hydrogen-bond acceptors (Lipinski definition) is 4. The van der Waals surface area contributed by atoms with Crippen molar-refractivity contribution in [3.8, 4) is 5.75 Å². The Balaban J connectivity index is 1.88. The Bertz CT molecular complexity index is 368. The highest BCUT2D eigenvalue weighted by molar-refractivity contribution is 5.27. The quantitative estimate of drug-likeness (QED) is 0.823. The molecule has 1 aromatic rings. The lowest BCUT2D eigenvalue weighted by atomic mass is 9.86. The average Bonchev–Trinajstić information content (AvgIpc) is 2.35. The highest BCUT2D eigenvalue weighted by Gasteiger charge is 2.38. The van der Waals surface area contributed by atoms with Crippen molar-refractivity contribution in [3.05, 3.63) is 29.8 Å². The predicted molar refractivity (Wildman–Crippen MR) is 69.7 cm³/mol. The summed E-state index contributed by atoms with van der Waals surface area (Å²) < 4.78 is 10.3. The molecule has 100 valence electrons. The van der Waals surface area contributed by atoms with Crippen molar-refractivity contribution in [2.75, 3.05) is 40.5 Å². The van der Waals surface area contributed by atoms with E-state index in [9.17, 15) is 5.11 Å². The highest BCUT2D eigenvalue weighted by atomic mass is 16.5. The third-order valence-corrected chi connectivity index (χ3v) is 3.37. The predicted octanol–water partition coefficient (Wildman–Crippen LogP) is 1.14. The maximum atomic E-state index is 9.40. The molecule has 2 rings (SSSR count). The second kappa shape index (κ2) is 5.69. The summed E-state index contributed by atoms with van der Waals surface area (Å²) >= 11 is 0. The van der Waals surface area contributed by atoms with Crippen LogP contribution in [0.3, 0.4) is 0 Å². The van der Waals surface area contributed by atoms with Crippen LogP contribution >= 0.6 is 0 Å². The van der Waals surface area contributed by atoms with Crippen LogP contribution in [-0.4, -0.2) is 50.5 Å². The summed E-state index contributed by atoms with van der Waals surface area (Å²) in [7, 11) is 3.74. The van der Waals surface area contributed by atoms with E-state index in [1.807, 2.05) is 12.1 Å². The second-order valence-corrected chi connectivity index (χ2v) is 5.17. The van der Waals surface area contributed by atoms with Crippen LogP contribution in [0.4, 0.5) is 0 Å². The highest BCUT2D eigenvalue weighted by Crippen LogP contribution is 2.28. The summed E-state index contributed by atoms with van der Waals surface area (Å²) in [4.78, 5) is 2.22. The van der Waals surface area contributed by atoms with Gasteiger partial charge >= 0.3 is 0 Å². The topological polar surface area (TPSA) is 41.9 Å². The molecule has 1 saturated heterocycles. The minimum Gasteiger partial charge on any atom is -0.497 e. The van der Waals surface area contributed by atoms with Gasteiger partial charge < -0.3 is 19.5 Å². The summed E-state index contributed by atoms with van der Waals surface area (Å²) in [5.74, 6) is 0.876. The van der Waals surface area contributed by atoms with E-state index in [1.54, 1.807) is 7.11 Å². The summed E-state index contributed by atoms with van der Waals surface area (Å²) in [6, 6.07) is 8.07.